The third kappa shape index (κ3) is 4.09. The Balaban J connectivity index is 1.07. The molecule has 0 unspecified atom stereocenters. The second-order valence-corrected chi connectivity index (χ2v) is 17.4. The maximum atomic E-state index is 15.5. The summed E-state index contributed by atoms with van der Waals surface area (Å²) in [5, 5.41) is 13.5. The lowest BCUT2D eigenvalue weighted by Crippen LogP contribution is -2.67. The van der Waals surface area contributed by atoms with Crippen molar-refractivity contribution in [3.8, 4) is 11.1 Å². The molecule has 264 valence electrons. The van der Waals surface area contributed by atoms with Crippen LogP contribution in [0.1, 0.15) is 74.7 Å². The first-order chi connectivity index (χ1) is 25.1. The van der Waals surface area contributed by atoms with E-state index in [2.05, 4.69) is 92.7 Å². The van der Waals surface area contributed by atoms with Crippen LogP contribution in [-0.4, -0.2) is 40.1 Å². The van der Waals surface area contributed by atoms with E-state index in [4.69, 9.17) is 4.74 Å². The van der Waals surface area contributed by atoms with Crippen molar-refractivity contribution in [2.24, 2.45) is 33.5 Å². The zero-order valence-corrected chi connectivity index (χ0v) is 30.2. The number of ether oxygens (including phenoxy) is 1. The summed E-state index contributed by atoms with van der Waals surface area (Å²) in [6.45, 7) is 5.90. The molecular formula is C47H47NO4. The first-order valence-electron chi connectivity index (χ1n) is 19.4. The molecule has 1 amide bonds. The van der Waals surface area contributed by atoms with Gasteiger partial charge < -0.3 is 9.84 Å². The van der Waals surface area contributed by atoms with Gasteiger partial charge in [-0.25, -0.2) is 4.79 Å². The van der Waals surface area contributed by atoms with Gasteiger partial charge in [-0.2, -0.15) is 0 Å². The largest absolute Gasteiger partial charge is 0.440 e. The van der Waals surface area contributed by atoms with E-state index in [0.29, 0.717) is 19.5 Å². The van der Waals surface area contributed by atoms with Gasteiger partial charge in [0, 0.05) is 33.9 Å². The average Bonchev–Trinajstić information content (AvgIpc) is 3.65. The van der Waals surface area contributed by atoms with Crippen LogP contribution in [-0.2, 0) is 11.3 Å². The molecule has 1 N–H and O–H groups in total. The number of amides is 1. The van der Waals surface area contributed by atoms with Crippen molar-refractivity contribution in [1.29, 1.82) is 0 Å². The van der Waals surface area contributed by atoms with Gasteiger partial charge in [0.15, 0.2) is 5.78 Å². The zero-order chi connectivity index (χ0) is 35.5. The number of Topliss-reactive ketones (excluding diaryl/α,β-unsaturated/α-hetero) is 1. The van der Waals surface area contributed by atoms with Crippen LogP contribution in [0.2, 0.25) is 0 Å². The maximum absolute atomic E-state index is 15.5. The van der Waals surface area contributed by atoms with E-state index in [1.807, 2.05) is 41.3 Å². The van der Waals surface area contributed by atoms with Gasteiger partial charge >= 0.3 is 6.09 Å². The number of allylic oxidation sites excluding steroid dienone is 4. The van der Waals surface area contributed by atoms with Gasteiger partial charge in [-0.3, -0.25) is 9.69 Å². The molecule has 5 heteroatoms. The predicted octanol–water partition coefficient (Wildman–Crippen LogP) is 9.94. The predicted molar refractivity (Wildman–Crippen MR) is 203 cm³/mol. The van der Waals surface area contributed by atoms with Crippen LogP contribution in [0, 0.1) is 33.5 Å². The summed E-state index contributed by atoms with van der Waals surface area (Å²) in [4.78, 5) is 31.3. The van der Waals surface area contributed by atoms with E-state index in [-0.39, 0.29) is 46.1 Å². The molecule has 3 saturated carbocycles. The molecule has 8 atom stereocenters. The standard InChI is InChI=1S/C47H47NO4/c1-43-22-19-34(49)27-45(43)25-26-47(38(28-45)41(50)37-18-9-8-17-36(37)32-11-4-3-5-12-32)39(43)20-23-44(2)40(47)21-24-46(44)30-48(42(51)52-46)29-33-15-10-14-31-13-6-7-16-35(31)33/h3-18,25-26,28,34,39-40,49H,19-24,27,29-30H2,1-2H3/t34-,39+,40+,43+,44-,45-,46+,47+/m0/s1. The second kappa shape index (κ2) is 11.0. The number of benzene rings is 4. The molecule has 4 aromatic rings. The molecule has 5 nitrogen and oxygen atoms in total. The topological polar surface area (TPSA) is 66.8 Å². The van der Waals surface area contributed by atoms with Crippen molar-refractivity contribution in [3.05, 3.63) is 132 Å². The van der Waals surface area contributed by atoms with E-state index in [9.17, 15) is 9.90 Å². The molecule has 2 bridgehead atoms. The second-order valence-electron chi connectivity index (χ2n) is 17.4. The number of carbonyl (C=O) groups is 2. The van der Waals surface area contributed by atoms with Crippen LogP contribution in [0.3, 0.4) is 0 Å². The van der Waals surface area contributed by atoms with Crippen LogP contribution in [0.4, 0.5) is 4.79 Å². The van der Waals surface area contributed by atoms with Crippen molar-refractivity contribution in [1.82, 2.24) is 4.90 Å². The smallest absolute Gasteiger partial charge is 0.410 e. The number of hydrogen-bond acceptors (Lipinski definition) is 4. The molecule has 4 aromatic carbocycles. The fraction of sp³-hybridized carbons (Fsp3) is 0.404. The lowest BCUT2D eigenvalue weighted by molar-refractivity contribution is -0.164. The highest BCUT2D eigenvalue weighted by molar-refractivity contribution is 6.14. The third-order valence-corrected chi connectivity index (χ3v) is 15.4. The van der Waals surface area contributed by atoms with Crippen molar-refractivity contribution >= 4 is 22.6 Å². The van der Waals surface area contributed by atoms with Gasteiger partial charge in [0.2, 0.25) is 0 Å². The van der Waals surface area contributed by atoms with Crippen molar-refractivity contribution < 1.29 is 19.4 Å². The number of aliphatic hydroxyl groups is 1. The molecule has 11 rings (SSSR count). The van der Waals surface area contributed by atoms with E-state index in [0.717, 1.165) is 66.4 Å². The first kappa shape index (κ1) is 32.2. The Labute approximate surface area is 306 Å². The first-order valence-corrected chi connectivity index (χ1v) is 19.4. The summed E-state index contributed by atoms with van der Waals surface area (Å²) in [5.74, 6) is 0.477. The van der Waals surface area contributed by atoms with Crippen molar-refractivity contribution in [2.75, 3.05) is 6.54 Å². The van der Waals surface area contributed by atoms with Gasteiger partial charge in [-0.05, 0) is 89.7 Å². The Morgan fingerprint density at radius 3 is 2.38 bits per heavy atom. The van der Waals surface area contributed by atoms with Gasteiger partial charge in [-0.15, -0.1) is 0 Å². The Kier molecular flexibility index (Phi) is 6.82. The molecule has 4 fully saturated rings. The minimum atomic E-state index is -0.626. The van der Waals surface area contributed by atoms with Gasteiger partial charge in [0.1, 0.15) is 5.60 Å². The molecule has 3 spiro atoms. The number of hydrogen-bond donors (Lipinski definition) is 1. The average molecular weight is 690 g/mol. The van der Waals surface area contributed by atoms with Gasteiger partial charge in [0.05, 0.1) is 12.6 Å². The monoisotopic (exact) mass is 689 g/mol. The summed E-state index contributed by atoms with van der Waals surface area (Å²) in [6.07, 6.45) is 12.5. The summed E-state index contributed by atoms with van der Waals surface area (Å²) in [5.41, 5.74) is 2.86. The van der Waals surface area contributed by atoms with Crippen molar-refractivity contribution in [2.45, 2.75) is 77.0 Å². The normalized spacial score (nSPS) is 37.1. The zero-order valence-electron chi connectivity index (χ0n) is 30.2. The molecular weight excluding hydrogens is 643 g/mol. The Morgan fingerprint density at radius 1 is 0.808 bits per heavy atom. The third-order valence-electron chi connectivity index (χ3n) is 15.4. The van der Waals surface area contributed by atoms with E-state index in [1.54, 1.807) is 0 Å². The molecule has 1 saturated heterocycles. The Morgan fingerprint density at radius 2 is 1.52 bits per heavy atom. The molecule has 6 aliphatic carbocycles. The molecule has 0 aromatic heterocycles. The molecule has 0 radical (unpaired) electrons. The molecule has 1 heterocycles. The number of ketones is 1. The molecule has 52 heavy (non-hydrogen) atoms. The summed E-state index contributed by atoms with van der Waals surface area (Å²) < 4.78 is 6.69. The van der Waals surface area contributed by atoms with Crippen LogP contribution >= 0.6 is 0 Å². The molecule has 7 aliphatic rings. The fourth-order valence-corrected chi connectivity index (χ4v) is 12.8. The number of nitrogens with zero attached hydrogens (tertiary/aromatic N) is 1. The van der Waals surface area contributed by atoms with Gasteiger partial charge in [0.25, 0.3) is 0 Å². The fourth-order valence-electron chi connectivity index (χ4n) is 12.8. The summed E-state index contributed by atoms with van der Waals surface area (Å²) in [6, 6.07) is 33.0. The maximum Gasteiger partial charge on any atom is 0.410 e. The summed E-state index contributed by atoms with van der Waals surface area (Å²) in [7, 11) is 0. The highest BCUT2D eigenvalue weighted by Crippen LogP contribution is 2.79. The quantitative estimate of drug-likeness (QED) is 0.167. The van der Waals surface area contributed by atoms with Crippen LogP contribution < -0.4 is 0 Å². The molecule has 1 aliphatic heterocycles. The Bertz CT molecular complexity index is 2200. The van der Waals surface area contributed by atoms with E-state index >= 15 is 4.79 Å². The highest BCUT2D eigenvalue weighted by Gasteiger charge is 2.76. The minimum Gasteiger partial charge on any atom is -0.440 e. The number of fused-ring (bicyclic) bond motifs is 3. The number of rotatable bonds is 5. The highest BCUT2D eigenvalue weighted by atomic mass is 16.6. The minimum absolute atomic E-state index is 0.0758. The lowest BCUT2D eigenvalue weighted by atomic mass is 9.32. The summed E-state index contributed by atoms with van der Waals surface area (Å²) >= 11 is 0. The van der Waals surface area contributed by atoms with Crippen LogP contribution in [0.5, 0.6) is 0 Å². The van der Waals surface area contributed by atoms with Crippen LogP contribution in [0.15, 0.2) is 121 Å². The van der Waals surface area contributed by atoms with E-state index in [1.165, 1.54) is 10.8 Å². The number of aliphatic hydroxyl groups excluding tert-OH is 1. The van der Waals surface area contributed by atoms with E-state index < -0.39 is 11.0 Å². The van der Waals surface area contributed by atoms with Crippen LogP contribution in [0.25, 0.3) is 21.9 Å². The Hall–Kier alpha value is -4.48. The van der Waals surface area contributed by atoms with Crippen molar-refractivity contribution in [3.63, 3.8) is 0 Å². The van der Waals surface area contributed by atoms with Gasteiger partial charge in [-0.1, -0.05) is 129 Å². The lowest BCUT2D eigenvalue weighted by Gasteiger charge is -2.71. The number of carbonyl (C=O) groups excluding carboxylic acids is 2. The SMILES string of the molecule is C[C@]12CC[C@H]3[C@]4(C=C[C@@]5(C=C4C(=O)c4ccccc4-c4ccccc4)C[C@@H](O)CC[C@]35C)[C@@H]1CC[C@@]21CN(Cc2cccc3ccccc23)C(=O)O1.